The molecule has 0 aromatic carbocycles. The maximum atomic E-state index is 9.12. The van der Waals surface area contributed by atoms with Crippen molar-refractivity contribution in [2.45, 2.75) is 32.3 Å². The molecule has 0 bridgehead atoms. The van der Waals surface area contributed by atoms with Gasteiger partial charge in [-0.15, -0.1) is 0 Å². The number of aromatic nitrogens is 2. The molecule has 1 aromatic rings. The maximum absolute atomic E-state index is 9.12. The highest BCUT2D eigenvalue weighted by atomic mass is 16.5. The summed E-state index contributed by atoms with van der Waals surface area (Å²) in [4.78, 5) is 4.09. The molecule has 0 amide bonds. The van der Waals surface area contributed by atoms with E-state index >= 15 is 0 Å². The van der Waals surface area contributed by atoms with Gasteiger partial charge in [-0.2, -0.15) is 4.98 Å². The first-order valence-corrected chi connectivity index (χ1v) is 4.20. The molecule has 4 nitrogen and oxygen atoms in total. The van der Waals surface area contributed by atoms with Crippen LogP contribution in [0.3, 0.4) is 0 Å². The summed E-state index contributed by atoms with van der Waals surface area (Å²) < 4.78 is 5.00. The minimum atomic E-state index is -0.628. The molecule has 1 aliphatic rings. The highest BCUT2D eigenvalue weighted by Crippen LogP contribution is 2.46. The van der Waals surface area contributed by atoms with Crippen molar-refractivity contribution in [2.24, 2.45) is 5.92 Å². The Morgan fingerprint density at radius 1 is 1.67 bits per heavy atom. The Morgan fingerprint density at radius 2 is 2.33 bits per heavy atom. The van der Waals surface area contributed by atoms with Gasteiger partial charge in [0, 0.05) is 5.92 Å². The van der Waals surface area contributed by atoms with Crippen LogP contribution in [0.15, 0.2) is 4.52 Å². The van der Waals surface area contributed by atoms with E-state index in [9.17, 15) is 0 Å². The molecule has 66 valence electrons. The van der Waals surface area contributed by atoms with Gasteiger partial charge >= 0.3 is 0 Å². The van der Waals surface area contributed by atoms with Crippen LogP contribution in [0.4, 0.5) is 0 Å². The number of hydrogen-bond donors (Lipinski definition) is 1. The molecule has 0 spiro atoms. The Kier molecular flexibility index (Phi) is 1.65. The zero-order chi connectivity index (χ0) is 8.72. The lowest BCUT2D eigenvalue weighted by Crippen LogP contribution is -1.93. The normalized spacial score (nSPS) is 30.2. The first-order valence-electron chi connectivity index (χ1n) is 4.20. The smallest absolute Gasteiger partial charge is 0.230 e. The largest absolute Gasteiger partial charge is 0.385 e. The fourth-order valence-electron chi connectivity index (χ4n) is 1.23. The number of nitrogens with zero attached hydrogens (tertiary/aromatic N) is 2. The van der Waals surface area contributed by atoms with Gasteiger partial charge in [0.15, 0.2) is 5.82 Å². The number of hydrogen-bond acceptors (Lipinski definition) is 4. The first kappa shape index (κ1) is 7.73. The van der Waals surface area contributed by atoms with Crippen LogP contribution in [-0.4, -0.2) is 15.2 Å². The van der Waals surface area contributed by atoms with E-state index in [0.29, 0.717) is 23.6 Å². The minimum Gasteiger partial charge on any atom is -0.385 e. The molecule has 1 fully saturated rings. The molecule has 0 radical (unpaired) electrons. The summed E-state index contributed by atoms with van der Waals surface area (Å²) in [6, 6.07) is 0. The lowest BCUT2D eigenvalue weighted by molar-refractivity contribution is 0.184. The fourth-order valence-corrected chi connectivity index (χ4v) is 1.23. The molecule has 4 heteroatoms. The van der Waals surface area contributed by atoms with Crippen LogP contribution in [0.25, 0.3) is 0 Å². The molecule has 0 saturated heterocycles. The van der Waals surface area contributed by atoms with Crippen molar-refractivity contribution < 1.29 is 9.63 Å². The molecule has 3 atom stereocenters. The van der Waals surface area contributed by atoms with Gasteiger partial charge in [-0.1, -0.05) is 12.1 Å². The zero-order valence-electron chi connectivity index (χ0n) is 7.19. The fraction of sp³-hybridized carbons (Fsp3) is 0.750. The van der Waals surface area contributed by atoms with Crippen LogP contribution in [-0.2, 0) is 0 Å². The van der Waals surface area contributed by atoms with Crippen LogP contribution in [0.1, 0.15) is 44.0 Å². The molecule has 3 unspecified atom stereocenters. The van der Waals surface area contributed by atoms with E-state index in [1.807, 2.05) is 0 Å². The second-order valence-electron chi connectivity index (χ2n) is 3.49. The Bertz CT molecular complexity index is 282. The van der Waals surface area contributed by atoms with Gasteiger partial charge in [0.25, 0.3) is 0 Å². The maximum Gasteiger partial charge on any atom is 0.230 e. The van der Waals surface area contributed by atoms with Crippen LogP contribution < -0.4 is 0 Å². The molecule has 1 saturated carbocycles. The standard InChI is InChI=1S/C8H12N2O2/c1-4-3-6(4)8-9-7(5(2)11)10-12-8/h4-6,11H,3H2,1-2H3. The summed E-state index contributed by atoms with van der Waals surface area (Å²) in [6.07, 6.45) is 0.498. The van der Waals surface area contributed by atoms with Crippen LogP contribution in [0.5, 0.6) is 0 Å². The predicted octanol–water partition coefficient (Wildman–Crippen LogP) is 1.25. The molecule has 1 aromatic heterocycles. The predicted molar refractivity (Wildman–Crippen MR) is 41.5 cm³/mol. The van der Waals surface area contributed by atoms with Crippen LogP contribution in [0, 0.1) is 5.92 Å². The summed E-state index contributed by atoms with van der Waals surface area (Å²) in [7, 11) is 0. The molecule has 0 aliphatic heterocycles. The van der Waals surface area contributed by atoms with Gasteiger partial charge in [-0.25, -0.2) is 0 Å². The second kappa shape index (κ2) is 2.55. The molecule has 1 heterocycles. The highest BCUT2D eigenvalue weighted by molar-refractivity contribution is 5.06. The first-order chi connectivity index (χ1) is 5.68. The van der Waals surface area contributed by atoms with E-state index in [4.69, 9.17) is 9.63 Å². The van der Waals surface area contributed by atoms with Crippen molar-refractivity contribution >= 4 is 0 Å². The Morgan fingerprint density at radius 3 is 2.75 bits per heavy atom. The van der Waals surface area contributed by atoms with Gasteiger partial charge in [-0.05, 0) is 19.3 Å². The lowest BCUT2D eigenvalue weighted by atomic mass is 10.3. The third-order valence-corrected chi connectivity index (χ3v) is 2.26. The topological polar surface area (TPSA) is 59.2 Å². The summed E-state index contributed by atoms with van der Waals surface area (Å²) in [5.41, 5.74) is 0. The average molecular weight is 168 g/mol. The minimum absolute atomic E-state index is 0.393. The summed E-state index contributed by atoms with van der Waals surface area (Å²) in [5, 5.41) is 12.8. The van der Waals surface area contributed by atoms with Gasteiger partial charge in [0.1, 0.15) is 6.10 Å². The van der Waals surface area contributed by atoms with E-state index in [1.165, 1.54) is 0 Å². The van der Waals surface area contributed by atoms with Crippen molar-refractivity contribution in [3.63, 3.8) is 0 Å². The number of aliphatic hydroxyl groups is 1. The molecule has 1 aliphatic carbocycles. The Balaban J connectivity index is 2.14. The number of aliphatic hydroxyl groups excluding tert-OH is 1. The van der Waals surface area contributed by atoms with Crippen molar-refractivity contribution in [1.82, 2.24) is 10.1 Å². The van der Waals surface area contributed by atoms with E-state index in [0.717, 1.165) is 6.42 Å². The monoisotopic (exact) mass is 168 g/mol. The van der Waals surface area contributed by atoms with E-state index in [1.54, 1.807) is 6.92 Å². The van der Waals surface area contributed by atoms with E-state index in [-0.39, 0.29) is 0 Å². The summed E-state index contributed by atoms with van der Waals surface area (Å²) >= 11 is 0. The molecule has 2 rings (SSSR count). The van der Waals surface area contributed by atoms with Gasteiger partial charge in [0.05, 0.1) is 0 Å². The molecular weight excluding hydrogens is 156 g/mol. The van der Waals surface area contributed by atoms with E-state index in [2.05, 4.69) is 17.1 Å². The molecular formula is C8H12N2O2. The molecule has 1 N–H and O–H groups in total. The van der Waals surface area contributed by atoms with Gasteiger partial charge < -0.3 is 9.63 Å². The van der Waals surface area contributed by atoms with Crippen molar-refractivity contribution in [3.05, 3.63) is 11.7 Å². The van der Waals surface area contributed by atoms with E-state index < -0.39 is 6.10 Å². The second-order valence-corrected chi connectivity index (χ2v) is 3.49. The van der Waals surface area contributed by atoms with Gasteiger partial charge in [-0.3, -0.25) is 0 Å². The summed E-state index contributed by atoms with van der Waals surface area (Å²) in [6.45, 7) is 3.78. The van der Waals surface area contributed by atoms with Crippen molar-refractivity contribution in [2.75, 3.05) is 0 Å². The van der Waals surface area contributed by atoms with Crippen LogP contribution >= 0.6 is 0 Å². The SMILES string of the molecule is CC(O)c1noc(C2CC2C)n1. The van der Waals surface area contributed by atoms with Crippen molar-refractivity contribution in [3.8, 4) is 0 Å². The Labute approximate surface area is 70.6 Å². The Hall–Kier alpha value is -0.900. The third-order valence-electron chi connectivity index (χ3n) is 2.26. The third kappa shape index (κ3) is 1.22. The lowest BCUT2D eigenvalue weighted by Gasteiger charge is -1.91. The quantitative estimate of drug-likeness (QED) is 0.721. The highest BCUT2D eigenvalue weighted by Gasteiger charge is 2.39. The summed E-state index contributed by atoms with van der Waals surface area (Å²) in [5.74, 6) is 2.17. The molecule has 12 heavy (non-hydrogen) atoms. The number of rotatable bonds is 2. The zero-order valence-corrected chi connectivity index (χ0v) is 7.19. The van der Waals surface area contributed by atoms with Gasteiger partial charge in [0.2, 0.25) is 5.89 Å². The van der Waals surface area contributed by atoms with Crippen LogP contribution in [0.2, 0.25) is 0 Å². The average Bonchev–Trinajstić information content (AvgIpc) is 2.59. The van der Waals surface area contributed by atoms with Crippen molar-refractivity contribution in [1.29, 1.82) is 0 Å².